The molecule has 39 heavy (non-hydrogen) atoms. The predicted molar refractivity (Wildman–Crippen MR) is 135 cm³/mol. The number of esters is 1. The molecule has 5 rings (SSSR count). The molecule has 0 aromatic rings. The number of ketones is 2. The summed E-state index contributed by atoms with van der Waals surface area (Å²) in [6.45, 7) is 6.68. The molecule has 0 bridgehead atoms. The van der Waals surface area contributed by atoms with Crippen LogP contribution >= 0.6 is 0 Å². The van der Waals surface area contributed by atoms with Gasteiger partial charge in [-0.1, -0.05) is 24.6 Å². The summed E-state index contributed by atoms with van der Waals surface area (Å²) in [6.07, 6.45) is 3.57. The van der Waals surface area contributed by atoms with Crippen molar-refractivity contribution in [3.8, 4) is 0 Å². The zero-order valence-corrected chi connectivity index (χ0v) is 23.3. The molecule has 0 amide bonds. The highest BCUT2D eigenvalue weighted by Crippen LogP contribution is 2.71. The average molecular weight is 551 g/mol. The van der Waals surface area contributed by atoms with Gasteiger partial charge in [0, 0.05) is 30.3 Å². The Morgan fingerprint density at radius 3 is 2.62 bits per heavy atom. The smallest absolute Gasteiger partial charge is 0.332 e. The minimum Gasteiger partial charge on any atom is -0.456 e. The second kappa shape index (κ2) is 9.55. The third kappa shape index (κ3) is 4.01. The van der Waals surface area contributed by atoms with Crippen LogP contribution in [-0.2, 0) is 38.1 Å². The van der Waals surface area contributed by atoms with Crippen LogP contribution in [-0.4, -0.2) is 85.4 Å². The molecule has 1 aliphatic heterocycles. The fraction of sp³-hybridized carbons (Fsp3) is 0.759. The van der Waals surface area contributed by atoms with Crippen molar-refractivity contribution in [3.63, 3.8) is 0 Å². The summed E-state index contributed by atoms with van der Waals surface area (Å²) in [5.74, 6) is -3.38. The molecule has 8 atom stereocenters. The lowest BCUT2D eigenvalue weighted by molar-refractivity contribution is -0.243. The molecule has 1 heterocycles. The lowest BCUT2D eigenvalue weighted by Crippen LogP contribution is -2.69. The highest BCUT2D eigenvalue weighted by molar-refractivity contribution is 5.94. The molecule has 2 saturated carbocycles. The van der Waals surface area contributed by atoms with Crippen molar-refractivity contribution < 1.29 is 47.6 Å². The highest BCUT2D eigenvalue weighted by atomic mass is 19.1. The van der Waals surface area contributed by atoms with Crippen LogP contribution in [0.3, 0.4) is 0 Å². The Morgan fingerprint density at radius 1 is 1.15 bits per heavy atom. The van der Waals surface area contributed by atoms with Crippen LogP contribution in [0.4, 0.5) is 4.39 Å². The van der Waals surface area contributed by atoms with Crippen LogP contribution < -0.4 is 0 Å². The number of Topliss-reactive ketones (excluding diaryl/α,β-unsaturated/α-hetero) is 1. The number of carbonyl (C=O) groups excluding carboxylic acids is 3. The van der Waals surface area contributed by atoms with E-state index in [2.05, 4.69) is 0 Å². The van der Waals surface area contributed by atoms with E-state index < -0.39 is 64.4 Å². The summed E-state index contributed by atoms with van der Waals surface area (Å²) in [5, 5.41) is 11.6. The minimum atomic E-state index is -2.04. The van der Waals surface area contributed by atoms with Crippen LogP contribution in [0.25, 0.3) is 0 Å². The Morgan fingerprint density at radius 2 is 1.90 bits per heavy atom. The van der Waals surface area contributed by atoms with Crippen molar-refractivity contribution in [2.45, 2.75) is 82.6 Å². The molecule has 5 aliphatic rings. The number of aliphatic hydroxyl groups is 1. The zero-order valence-electron chi connectivity index (χ0n) is 23.3. The van der Waals surface area contributed by atoms with Crippen molar-refractivity contribution in [1.82, 2.24) is 0 Å². The molecule has 4 aliphatic carbocycles. The molecule has 0 aromatic carbocycles. The third-order valence-corrected chi connectivity index (χ3v) is 10.0. The van der Waals surface area contributed by atoms with Crippen LogP contribution in [0, 0.1) is 22.7 Å². The van der Waals surface area contributed by atoms with E-state index in [-0.39, 0.29) is 37.8 Å². The van der Waals surface area contributed by atoms with Gasteiger partial charge in [0.25, 0.3) is 0 Å². The number of carbonyl (C=O) groups is 3. The van der Waals surface area contributed by atoms with Gasteiger partial charge in [-0.2, -0.15) is 0 Å². The van der Waals surface area contributed by atoms with E-state index in [9.17, 15) is 19.5 Å². The Hall–Kier alpha value is -1.98. The quantitative estimate of drug-likeness (QED) is 0.276. The number of ether oxygens (including phenoxy) is 5. The van der Waals surface area contributed by atoms with Gasteiger partial charge < -0.3 is 28.8 Å². The van der Waals surface area contributed by atoms with Gasteiger partial charge in [-0.15, -0.1) is 0 Å². The summed E-state index contributed by atoms with van der Waals surface area (Å²) >= 11 is 0. The maximum atomic E-state index is 17.4. The van der Waals surface area contributed by atoms with Crippen LogP contribution in [0.1, 0.15) is 53.4 Å². The third-order valence-electron chi connectivity index (χ3n) is 10.0. The molecule has 0 radical (unpaired) electrons. The van der Waals surface area contributed by atoms with Crippen LogP contribution in [0.5, 0.6) is 0 Å². The van der Waals surface area contributed by atoms with Gasteiger partial charge in [0.05, 0.1) is 25.4 Å². The highest BCUT2D eigenvalue weighted by Gasteiger charge is 2.80. The van der Waals surface area contributed by atoms with Crippen LogP contribution in [0.2, 0.25) is 0 Å². The summed E-state index contributed by atoms with van der Waals surface area (Å²) in [5.41, 5.74) is -5.03. The molecule has 4 unspecified atom stereocenters. The molecular formula is C29H39FO9. The van der Waals surface area contributed by atoms with E-state index in [1.165, 1.54) is 13.2 Å². The fourth-order valence-corrected chi connectivity index (χ4v) is 8.31. The maximum absolute atomic E-state index is 17.4. The molecule has 0 spiro atoms. The van der Waals surface area contributed by atoms with Crippen molar-refractivity contribution in [2.24, 2.45) is 22.7 Å². The summed E-state index contributed by atoms with van der Waals surface area (Å²) < 4.78 is 45.4. The van der Waals surface area contributed by atoms with E-state index in [4.69, 9.17) is 23.7 Å². The van der Waals surface area contributed by atoms with Gasteiger partial charge in [-0.25, -0.2) is 9.18 Å². The largest absolute Gasteiger partial charge is 0.456 e. The van der Waals surface area contributed by atoms with Crippen LogP contribution in [0.15, 0.2) is 23.8 Å². The van der Waals surface area contributed by atoms with Crippen molar-refractivity contribution >= 4 is 17.5 Å². The summed E-state index contributed by atoms with van der Waals surface area (Å²) in [6, 6.07) is 0. The second-order valence-electron chi connectivity index (χ2n) is 12.5. The first-order valence-corrected chi connectivity index (χ1v) is 13.7. The molecule has 1 saturated heterocycles. The van der Waals surface area contributed by atoms with E-state index in [0.717, 1.165) is 0 Å². The van der Waals surface area contributed by atoms with Gasteiger partial charge in [-0.05, 0) is 52.0 Å². The van der Waals surface area contributed by atoms with Crippen molar-refractivity contribution in [2.75, 3.05) is 33.5 Å². The number of allylic oxidation sites excluding steroid dienone is 4. The van der Waals surface area contributed by atoms with E-state index in [0.29, 0.717) is 25.0 Å². The Labute approximate surface area is 228 Å². The van der Waals surface area contributed by atoms with Gasteiger partial charge in [0.15, 0.2) is 29.4 Å². The number of rotatable bonds is 8. The number of methoxy groups -OCH3 is 1. The lowest BCUT2D eigenvalue weighted by Gasteiger charge is -2.62. The van der Waals surface area contributed by atoms with Gasteiger partial charge in [0.2, 0.25) is 5.78 Å². The Kier molecular flexibility index (Phi) is 6.99. The first kappa shape index (κ1) is 28.5. The topological polar surface area (TPSA) is 118 Å². The lowest BCUT2D eigenvalue weighted by atomic mass is 9.45. The number of halogens is 1. The molecule has 3 fully saturated rings. The van der Waals surface area contributed by atoms with Gasteiger partial charge in [0.1, 0.15) is 6.61 Å². The number of alkyl halides is 1. The monoisotopic (exact) mass is 550 g/mol. The number of aliphatic hydroxyl groups excluding tert-OH is 1. The van der Waals surface area contributed by atoms with Crippen molar-refractivity contribution in [1.29, 1.82) is 0 Å². The summed E-state index contributed by atoms with van der Waals surface area (Å²) in [7, 11) is 1.52. The van der Waals surface area contributed by atoms with E-state index in [1.54, 1.807) is 26.8 Å². The molecule has 10 heteroatoms. The standard InChI is InChI=1S/C29H39FO9/c1-25(2)38-23-13-20-19-7-6-17-12-18(31)8-9-26(17,3)28(19,30)21(32)14-27(20,4)29(23,39-25)22(33)15-37-24(34)16-36-11-10-35-5/h6,8-9,19-21,23,32H,7,10-16H2,1-5H3/t19?,20?,21-,23+,26?,27?,28-,29+/m0/s1. The number of hydrogen-bond acceptors (Lipinski definition) is 9. The molecule has 9 nitrogen and oxygen atoms in total. The SMILES string of the molecule is COCCOCC(=O)OCC(=O)[C@@]12OC(C)(C)O[C@@H]1CC1C3CC=C4CC(=O)C=CC4(C)[C@@]3(F)[C@@H](O)CC12C. The van der Waals surface area contributed by atoms with E-state index in [1.807, 2.05) is 13.0 Å². The second-order valence-corrected chi connectivity index (χ2v) is 12.5. The zero-order chi connectivity index (χ0) is 28.4. The van der Waals surface area contributed by atoms with Gasteiger partial charge in [-0.3, -0.25) is 9.59 Å². The Bertz CT molecular complexity index is 1120. The molecule has 216 valence electrons. The van der Waals surface area contributed by atoms with Crippen molar-refractivity contribution in [3.05, 3.63) is 23.8 Å². The first-order valence-electron chi connectivity index (χ1n) is 13.7. The van der Waals surface area contributed by atoms with Gasteiger partial charge >= 0.3 is 5.97 Å². The number of fused-ring (bicyclic) bond motifs is 7. The average Bonchev–Trinajstić information content (AvgIpc) is 3.27. The molecule has 0 aromatic heterocycles. The van der Waals surface area contributed by atoms with E-state index >= 15 is 4.39 Å². The molecule has 1 N–H and O–H groups in total. The maximum Gasteiger partial charge on any atom is 0.332 e. The number of hydrogen-bond donors (Lipinski definition) is 1. The fourth-order valence-electron chi connectivity index (χ4n) is 8.31. The summed E-state index contributed by atoms with van der Waals surface area (Å²) in [4.78, 5) is 38.3. The normalized spacial score (nSPS) is 43.7. The molecular weight excluding hydrogens is 511 g/mol. The first-order chi connectivity index (χ1) is 18.2. The minimum absolute atomic E-state index is 0.0505. The Balaban J connectivity index is 1.45. The predicted octanol–water partition coefficient (Wildman–Crippen LogP) is 2.63.